The lowest BCUT2D eigenvalue weighted by atomic mass is 10.1. The fraction of sp³-hybridized carbons (Fsp3) is 0.538. The highest BCUT2D eigenvalue weighted by Crippen LogP contribution is 2.13. The molecular formula is C13H21ClN2. The second-order valence-electron chi connectivity index (χ2n) is 4.46. The standard InChI is InChI=1S/C13H20N2.ClH/c1-11-3-4-13(12(2)9-11)10-15-7-5-14-6-8-15;/h3-4,9,14H,5-8,10H2,1-2H3;1H. The highest BCUT2D eigenvalue weighted by molar-refractivity contribution is 5.85. The zero-order valence-electron chi connectivity index (χ0n) is 10.1. The van der Waals surface area contributed by atoms with Gasteiger partial charge in [0.05, 0.1) is 0 Å². The van der Waals surface area contributed by atoms with Gasteiger partial charge in [0.25, 0.3) is 0 Å². The lowest BCUT2D eigenvalue weighted by Crippen LogP contribution is -2.42. The fourth-order valence-electron chi connectivity index (χ4n) is 2.13. The molecular weight excluding hydrogens is 220 g/mol. The monoisotopic (exact) mass is 240 g/mol. The third kappa shape index (κ3) is 3.48. The fourth-order valence-corrected chi connectivity index (χ4v) is 2.13. The molecule has 1 aromatic carbocycles. The Kier molecular flexibility index (Phi) is 5.26. The molecule has 0 aliphatic carbocycles. The summed E-state index contributed by atoms with van der Waals surface area (Å²) in [5.74, 6) is 0. The predicted molar refractivity (Wildman–Crippen MR) is 71.3 cm³/mol. The van der Waals surface area contributed by atoms with Crippen molar-refractivity contribution in [2.75, 3.05) is 26.2 Å². The summed E-state index contributed by atoms with van der Waals surface area (Å²) in [6.45, 7) is 10.1. The maximum absolute atomic E-state index is 3.38. The Morgan fingerprint density at radius 2 is 1.88 bits per heavy atom. The first-order chi connectivity index (χ1) is 7.25. The van der Waals surface area contributed by atoms with E-state index in [1.807, 2.05) is 0 Å². The summed E-state index contributed by atoms with van der Waals surface area (Å²) >= 11 is 0. The number of rotatable bonds is 2. The van der Waals surface area contributed by atoms with Gasteiger partial charge < -0.3 is 5.32 Å². The first kappa shape index (κ1) is 13.5. The van der Waals surface area contributed by atoms with Gasteiger partial charge in [0.1, 0.15) is 0 Å². The summed E-state index contributed by atoms with van der Waals surface area (Å²) in [5.41, 5.74) is 4.26. The maximum Gasteiger partial charge on any atom is 0.0237 e. The van der Waals surface area contributed by atoms with Crippen LogP contribution >= 0.6 is 12.4 Å². The number of nitrogens with zero attached hydrogens (tertiary/aromatic N) is 1. The van der Waals surface area contributed by atoms with Crippen molar-refractivity contribution in [3.05, 3.63) is 34.9 Å². The Morgan fingerprint density at radius 3 is 2.50 bits per heavy atom. The first-order valence-electron chi connectivity index (χ1n) is 5.75. The lowest BCUT2D eigenvalue weighted by Gasteiger charge is -2.27. The van der Waals surface area contributed by atoms with Gasteiger partial charge in [0.15, 0.2) is 0 Å². The number of hydrogen-bond donors (Lipinski definition) is 1. The van der Waals surface area contributed by atoms with Gasteiger partial charge in [-0.05, 0) is 25.0 Å². The van der Waals surface area contributed by atoms with Crippen LogP contribution in [0, 0.1) is 13.8 Å². The molecule has 90 valence electrons. The topological polar surface area (TPSA) is 15.3 Å². The van der Waals surface area contributed by atoms with Gasteiger partial charge in [-0.25, -0.2) is 0 Å². The van der Waals surface area contributed by atoms with E-state index in [1.54, 1.807) is 0 Å². The second-order valence-corrected chi connectivity index (χ2v) is 4.46. The number of piperazine rings is 1. The molecule has 1 aromatic rings. The SMILES string of the molecule is Cc1ccc(CN2CCNCC2)c(C)c1.Cl. The molecule has 0 bridgehead atoms. The Morgan fingerprint density at radius 1 is 1.19 bits per heavy atom. The summed E-state index contributed by atoms with van der Waals surface area (Å²) in [6.07, 6.45) is 0. The van der Waals surface area contributed by atoms with Crippen molar-refractivity contribution in [1.29, 1.82) is 0 Å². The molecule has 0 atom stereocenters. The summed E-state index contributed by atoms with van der Waals surface area (Å²) in [5, 5.41) is 3.38. The molecule has 0 unspecified atom stereocenters. The Bertz CT molecular complexity index is 333. The van der Waals surface area contributed by atoms with Crippen LogP contribution in [0.2, 0.25) is 0 Å². The third-order valence-electron chi connectivity index (χ3n) is 3.10. The third-order valence-corrected chi connectivity index (χ3v) is 3.10. The van der Waals surface area contributed by atoms with Crippen LogP contribution in [0.3, 0.4) is 0 Å². The van der Waals surface area contributed by atoms with Crippen LogP contribution in [-0.2, 0) is 6.54 Å². The average Bonchev–Trinajstić information content (AvgIpc) is 2.24. The molecule has 0 radical (unpaired) electrons. The molecule has 1 fully saturated rings. The second kappa shape index (κ2) is 6.24. The van der Waals surface area contributed by atoms with Crippen molar-refractivity contribution in [2.45, 2.75) is 20.4 Å². The zero-order chi connectivity index (χ0) is 10.7. The number of benzene rings is 1. The van der Waals surface area contributed by atoms with E-state index >= 15 is 0 Å². The molecule has 1 saturated heterocycles. The van der Waals surface area contributed by atoms with Crippen LogP contribution in [0.25, 0.3) is 0 Å². The van der Waals surface area contributed by atoms with E-state index in [1.165, 1.54) is 29.8 Å². The van der Waals surface area contributed by atoms with Crippen LogP contribution in [-0.4, -0.2) is 31.1 Å². The minimum atomic E-state index is 0. The summed E-state index contributed by atoms with van der Waals surface area (Å²) < 4.78 is 0. The van der Waals surface area contributed by atoms with E-state index in [-0.39, 0.29) is 12.4 Å². The Hall–Kier alpha value is -0.570. The zero-order valence-corrected chi connectivity index (χ0v) is 10.9. The Balaban J connectivity index is 0.00000128. The highest BCUT2D eigenvalue weighted by atomic mass is 35.5. The van der Waals surface area contributed by atoms with Gasteiger partial charge in [0.2, 0.25) is 0 Å². The van der Waals surface area contributed by atoms with Gasteiger partial charge in [-0.2, -0.15) is 0 Å². The number of hydrogen-bond acceptors (Lipinski definition) is 2. The van der Waals surface area contributed by atoms with Crippen molar-refractivity contribution in [3.8, 4) is 0 Å². The normalized spacial score (nSPS) is 16.9. The predicted octanol–water partition coefficient (Wildman–Crippen LogP) is 2.13. The molecule has 16 heavy (non-hydrogen) atoms. The minimum Gasteiger partial charge on any atom is -0.314 e. The molecule has 0 saturated carbocycles. The molecule has 2 rings (SSSR count). The maximum atomic E-state index is 3.38. The van der Waals surface area contributed by atoms with Crippen LogP contribution in [0.5, 0.6) is 0 Å². The van der Waals surface area contributed by atoms with E-state index in [9.17, 15) is 0 Å². The van der Waals surface area contributed by atoms with Crippen LogP contribution in [0.15, 0.2) is 18.2 Å². The largest absolute Gasteiger partial charge is 0.314 e. The van der Waals surface area contributed by atoms with Gasteiger partial charge in [0, 0.05) is 32.7 Å². The minimum absolute atomic E-state index is 0. The summed E-state index contributed by atoms with van der Waals surface area (Å²) in [4.78, 5) is 2.52. The van der Waals surface area contributed by atoms with E-state index in [4.69, 9.17) is 0 Å². The van der Waals surface area contributed by atoms with Crippen molar-refractivity contribution in [1.82, 2.24) is 10.2 Å². The molecule has 0 amide bonds. The molecule has 3 heteroatoms. The van der Waals surface area contributed by atoms with E-state index in [2.05, 4.69) is 42.3 Å². The van der Waals surface area contributed by atoms with E-state index in [0.717, 1.165) is 19.6 Å². The van der Waals surface area contributed by atoms with Crippen molar-refractivity contribution < 1.29 is 0 Å². The first-order valence-corrected chi connectivity index (χ1v) is 5.75. The molecule has 0 aromatic heterocycles. The van der Waals surface area contributed by atoms with E-state index < -0.39 is 0 Å². The van der Waals surface area contributed by atoms with Gasteiger partial charge in [-0.1, -0.05) is 23.8 Å². The smallest absolute Gasteiger partial charge is 0.0237 e. The van der Waals surface area contributed by atoms with Crippen LogP contribution in [0.4, 0.5) is 0 Å². The molecule has 1 heterocycles. The number of halogens is 1. The molecule has 1 aliphatic heterocycles. The number of aryl methyl sites for hydroxylation is 2. The summed E-state index contributed by atoms with van der Waals surface area (Å²) in [7, 11) is 0. The lowest BCUT2D eigenvalue weighted by molar-refractivity contribution is 0.233. The van der Waals surface area contributed by atoms with Crippen molar-refractivity contribution >= 4 is 12.4 Å². The van der Waals surface area contributed by atoms with E-state index in [0.29, 0.717) is 0 Å². The Labute approximate surface area is 104 Å². The number of nitrogens with one attached hydrogen (secondary N) is 1. The van der Waals surface area contributed by atoms with Crippen LogP contribution in [0.1, 0.15) is 16.7 Å². The highest BCUT2D eigenvalue weighted by Gasteiger charge is 2.10. The molecule has 1 N–H and O–H groups in total. The molecule has 2 nitrogen and oxygen atoms in total. The summed E-state index contributed by atoms with van der Waals surface area (Å²) in [6, 6.07) is 6.76. The van der Waals surface area contributed by atoms with Gasteiger partial charge >= 0.3 is 0 Å². The van der Waals surface area contributed by atoms with Crippen LogP contribution < -0.4 is 5.32 Å². The van der Waals surface area contributed by atoms with Gasteiger partial charge in [-0.15, -0.1) is 12.4 Å². The quantitative estimate of drug-likeness (QED) is 0.852. The van der Waals surface area contributed by atoms with Gasteiger partial charge in [-0.3, -0.25) is 4.90 Å². The van der Waals surface area contributed by atoms with Crippen molar-refractivity contribution in [3.63, 3.8) is 0 Å². The average molecular weight is 241 g/mol. The molecule has 0 spiro atoms. The van der Waals surface area contributed by atoms with Crippen molar-refractivity contribution in [2.24, 2.45) is 0 Å². The molecule has 1 aliphatic rings.